The van der Waals surface area contributed by atoms with Gasteiger partial charge in [-0.05, 0) is 31.5 Å². The maximum absolute atomic E-state index is 3.53. The van der Waals surface area contributed by atoms with Crippen LogP contribution in [0.4, 0.5) is 0 Å². The average Bonchev–Trinajstić information content (AvgIpc) is 2.95. The largest absolute Gasteiger partial charge is 0.350 e. The third kappa shape index (κ3) is 2.11. The van der Waals surface area contributed by atoms with Crippen molar-refractivity contribution < 1.29 is 0 Å². The summed E-state index contributed by atoms with van der Waals surface area (Å²) in [6, 6.07) is 11.4. The SMILES string of the molecule is c1ccc2[nH]c(SC[C@H]3CCCN3)cc2c1. The van der Waals surface area contributed by atoms with Gasteiger partial charge in [-0.2, -0.15) is 0 Å². The fourth-order valence-electron chi connectivity index (χ4n) is 2.21. The molecule has 2 heterocycles. The minimum absolute atomic E-state index is 0.705. The van der Waals surface area contributed by atoms with Crippen LogP contribution in [-0.4, -0.2) is 23.3 Å². The predicted molar refractivity (Wildman–Crippen MR) is 70.0 cm³/mol. The summed E-state index contributed by atoms with van der Waals surface area (Å²) in [5.41, 5.74) is 1.24. The van der Waals surface area contributed by atoms with E-state index < -0.39 is 0 Å². The maximum atomic E-state index is 3.53. The molecule has 1 aromatic heterocycles. The second kappa shape index (κ2) is 4.52. The third-order valence-electron chi connectivity index (χ3n) is 3.11. The third-order valence-corrected chi connectivity index (χ3v) is 4.21. The van der Waals surface area contributed by atoms with Gasteiger partial charge in [-0.25, -0.2) is 0 Å². The van der Waals surface area contributed by atoms with Crippen LogP contribution < -0.4 is 5.32 Å². The van der Waals surface area contributed by atoms with Crippen LogP contribution in [0.1, 0.15) is 12.8 Å². The number of nitrogens with one attached hydrogen (secondary N) is 2. The summed E-state index contributed by atoms with van der Waals surface area (Å²) in [7, 11) is 0. The second-order valence-corrected chi connectivity index (χ2v) is 5.39. The lowest BCUT2D eigenvalue weighted by Gasteiger charge is -2.07. The highest BCUT2D eigenvalue weighted by molar-refractivity contribution is 7.99. The van der Waals surface area contributed by atoms with Crippen molar-refractivity contribution in [3.05, 3.63) is 30.3 Å². The maximum Gasteiger partial charge on any atom is 0.0733 e. The van der Waals surface area contributed by atoms with E-state index in [0.29, 0.717) is 6.04 Å². The number of fused-ring (bicyclic) bond motifs is 1. The van der Waals surface area contributed by atoms with Gasteiger partial charge in [0.05, 0.1) is 5.03 Å². The van der Waals surface area contributed by atoms with E-state index in [2.05, 4.69) is 40.6 Å². The van der Waals surface area contributed by atoms with Gasteiger partial charge in [-0.3, -0.25) is 0 Å². The van der Waals surface area contributed by atoms with E-state index >= 15 is 0 Å². The van der Waals surface area contributed by atoms with Crippen LogP contribution in [0.5, 0.6) is 0 Å². The van der Waals surface area contributed by atoms with Crippen molar-refractivity contribution in [1.29, 1.82) is 0 Å². The zero-order chi connectivity index (χ0) is 10.8. The predicted octanol–water partition coefficient (Wildman–Crippen LogP) is 3.01. The first kappa shape index (κ1) is 10.2. The number of hydrogen-bond donors (Lipinski definition) is 2. The molecule has 0 unspecified atom stereocenters. The van der Waals surface area contributed by atoms with Gasteiger partial charge >= 0.3 is 0 Å². The minimum Gasteiger partial charge on any atom is -0.350 e. The first-order chi connectivity index (χ1) is 7.92. The number of thioether (sulfide) groups is 1. The molecule has 0 bridgehead atoms. The summed E-state index contributed by atoms with van der Waals surface area (Å²) in [4.78, 5) is 3.45. The van der Waals surface area contributed by atoms with Crippen molar-refractivity contribution >= 4 is 22.7 Å². The van der Waals surface area contributed by atoms with Gasteiger partial charge in [-0.1, -0.05) is 18.2 Å². The quantitative estimate of drug-likeness (QED) is 0.796. The highest BCUT2D eigenvalue weighted by Gasteiger charge is 2.14. The molecule has 1 aliphatic heterocycles. The Labute approximate surface area is 99.8 Å². The lowest BCUT2D eigenvalue weighted by atomic mass is 10.3. The van der Waals surface area contributed by atoms with Crippen LogP contribution >= 0.6 is 11.8 Å². The van der Waals surface area contributed by atoms with Crippen molar-refractivity contribution in [3.8, 4) is 0 Å². The highest BCUT2D eigenvalue weighted by atomic mass is 32.2. The molecule has 16 heavy (non-hydrogen) atoms. The van der Waals surface area contributed by atoms with E-state index in [1.165, 1.54) is 41.1 Å². The zero-order valence-corrected chi connectivity index (χ0v) is 10.0. The van der Waals surface area contributed by atoms with E-state index in [1.54, 1.807) is 0 Å². The summed E-state index contributed by atoms with van der Waals surface area (Å²) < 4.78 is 0. The molecule has 1 atom stereocenters. The summed E-state index contributed by atoms with van der Waals surface area (Å²) in [5.74, 6) is 1.17. The van der Waals surface area contributed by atoms with Gasteiger partial charge < -0.3 is 10.3 Å². The monoisotopic (exact) mass is 232 g/mol. The molecular formula is C13H16N2S. The van der Waals surface area contributed by atoms with Gasteiger partial charge in [0.15, 0.2) is 0 Å². The van der Waals surface area contributed by atoms with Crippen LogP contribution in [-0.2, 0) is 0 Å². The molecule has 0 spiro atoms. The minimum atomic E-state index is 0.705. The standard InChI is InChI=1S/C13H16N2S/c1-2-6-12-10(4-1)8-13(15-12)16-9-11-5-3-7-14-11/h1-2,4,6,8,11,14-15H,3,5,7,9H2/t11-/m1/s1. The molecule has 0 amide bonds. The zero-order valence-electron chi connectivity index (χ0n) is 9.20. The van der Waals surface area contributed by atoms with Gasteiger partial charge in [0.1, 0.15) is 0 Å². The Morgan fingerprint density at radius 1 is 1.31 bits per heavy atom. The fraction of sp³-hybridized carbons (Fsp3) is 0.385. The van der Waals surface area contributed by atoms with E-state index in [4.69, 9.17) is 0 Å². The molecule has 3 rings (SSSR count). The Morgan fingerprint density at radius 2 is 2.25 bits per heavy atom. The van der Waals surface area contributed by atoms with Gasteiger partial charge in [-0.15, -0.1) is 11.8 Å². The van der Waals surface area contributed by atoms with Gasteiger partial charge in [0.25, 0.3) is 0 Å². The van der Waals surface area contributed by atoms with Crippen molar-refractivity contribution in [1.82, 2.24) is 10.3 Å². The summed E-state index contributed by atoms with van der Waals surface area (Å²) in [6.07, 6.45) is 2.66. The lowest BCUT2D eigenvalue weighted by Crippen LogP contribution is -2.23. The van der Waals surface area contributed by atoms with Crippen LogP contribution in [0.25, 0.3) is 10.9 Å². The van der Waals surface area contributed by atoms with E-state index in [0.717, 1.165) is 0 Å². The summed E-state index contributed by atoms with van der Waals surface area (Å²) >= 11 is 1.93. The van der Waals surface area contributed by atoms with Gasteiger partial charge in [0.2, 0.25) is 0 Å². The first-order valence-electron chi connectivity index (χ1n) is 5.86. The Bertz CT molecular complexity index is 438. The Balaban J connectivity index is 1.69. The fourth-order valence-corrected chi connectivity index (χ4v) is 3.27. The molecule has 1 aromatic carbocycles. The first-order valence-corrected chi connectivity index (χ1v) is 6.84. The molecule has 0 aliphatic carbocycles. The van der Waals surface area contributed by atoms with Gasteiger partial charge in [0, 0.05) is 22.7 Å². The smallest absolute Gasteiger partial charge is 0.0733 e. The normalized spacial score (nSPS) is 20.6. The van der Waals surface area contributed by atoms with Crippen LogP contribution in [0.2, 0.25) is 0 Å². The molecule has 1 saturated heterocycles. The molecule has 2 nitrogen and oxygen atoms in total. The second-order valence-electron chi connectivity index (χ2n) is 4.33. The molecule has 2 aromatic rings. The summed E-state index contributed by atoms with van der Waals surface area (Å²) in [6.45, 7) is 1.19. The number of aromatic amines is 1. The number of para-hydroxylation sites is 1. The Hall–Kier alpha value is -0.930. The molecule has 1 fully saturated rings. The van der Waals surface area contributed by atoms with Crippen molar-refractivity contribution in [2.24, 2.45) is 0 Å². The number of benzene rings is 1. The Kier molecular flexibility index (Phi) is 2.89. The van der Waals surface area contributed by atoms with Crippen molar-refractivity contribution in [2.75, 3.05) is 12.3 Å². The molecule has 0 saturated carbocycles. The van der Waals surface area contributed by atoms with Crippen LogP contribution in [0, 0.1) is 0 Å². The van der Waals surface area contributed by atoms with E-state index in [9.17, 15) is 0 Å². The molecule has 1 aliphatic rings. The van der Waals surface area contributed by atoms with Crippen LogP contribution in [0.3, 0.4) is 0 Å². The highest BCUT2D eigenvalue weighted by Crippen LogP contribution is 2.24. The average molecular weight is 232 g/mol. The number of H-pyrrole nitrogens is 1. The molecule has 84 valence electrons. The van der Waals surface area contributed by atoms with E-state index in [1.807, 2.05) is 11.8 Å². The lowest BCUT2D eigenvalue weighted by molar-refractivity contribution is 0.674. The number of rotatable bonds is 3. The number of aromatic nitrogens is 1. The topological polar surface area (TPSA) is 27.8 Å². The Morgan fingerprint density at radius 3 is 3.06 bits per heavy atom. The summed E-state index contributed by atoms with van der Waals surface area (Å²) in [5, 5.41) is 6.12. The van der Waals surface area contributed by atoms with Crippen molar-refractivity contribution in [2.45, 2.75) is 23.9 Å². The molecular weight excluding hydrogens is 216 g/mol. The van der Waals surface area contributed by atoms with Crippen molar-refractivity contribution in [3.63, 3.8) is 0 Å². The number of hydrogen-bond acceptors (Lipinski definition) is 2. The molecule has 2 N–H and O–H groups in total. The molecule has 0 radical (unpaired) electrons. The molecule has 3 heteroatoms. The van der Waals surface area contributed by atoms with E-state index in [-0.39, 0.29) is 0 Å². The van der Waals surface area contributed by atoms with Crippen LogP contribution in [0.15, 0.2) is 35.4 Å².